The Bertz CT molecular complexity index is 1500. The predicted molar refractivity (Wildman–Crippen MR) is 158 cm³/mol. The van der Waals surface area contributed by atoms with E-state index in [4.69, 9.17) is 14.5 Å². The van der Waals surface area contributed by atoms with Crippen molar-refractivity contribution in [1.82, 2.24) is 34.7 Å². The van der Waals surface area contributed by atoms with E-state index in [0.717, 1.165) is 46.9 Å². The maximum atomic E-state index is 12.4. The minimum Gasteiger partial charge on any atom is -0.487 e. The van der Waals surface area contributed by atoms with Crippen molar-refractivity contribution in [3.63, 3.8) is 0 Å². The van der Waals surface area contributed by atoms with Crippen LogP contribution >= 0.6 is 0 Å². The van der Waals surface area contributed by atoms with Gasteiger partial charge in [-0.1, -0.05) is 6.07 Å². The monoisotopic (exact) mass is 557 g/mol. The molecule has 10 heteroatoms. The minimum atomic E-state index is -0.486. The highest BCUT2D eigenvalue weighted by atomic mass is 16.6. The van der Waals surface area contributed by atoms with Crippen molar-refractivity contribution in [2.45, 2.75) is 65.7 Å². The number of fused-ring (bicyclic) bond motifs is 1. The number of rotatable bonds is 7. The summed E-state index contributed by atoms with van der Waals surface area (Å²) in [7, 11) is 0. The van der Waals surface area contributed by atoms with Crippen LogP contribution in [0.3, 0.4) is 0 Å². The maximum absolute atomic E-state index is 12.4. The van der Waals surface area contributed by atoms with Crippen LogP contribution in [-0.4, -0.2) is 78.7 Å². The maximum Gasteiger partial charge on any atom is 0.410 e. The number of aromatic nitrogens is 5. The number of hydrogen-bond acceptors (Lipinski definition) is 8. The predicted octanol–water partition coefficient (Wildman–Crippen LogP) is 5.41. The summed E-state index contributed by atoms with van der Waals surface area (Å²) in [4.78, 5) is 38.1. The molecule has 41 heavy (non-hydrogen) atoms. The van der Waals surface area contributed by atoms with Crippen LogP contribution in [0.1, 0.15) is 64.7 Å². The summed E-state index contributed by atoms with van der Waals surface area (Å²) in [5.41, 5.74) is 5.16. The van der Waals surface area contributed by atoms with E-state index in [1.165, 1.54) is 11.9 Å². The first-order valence-corrected chi connectivity index (χ1v) is 14.2. The van der Waals surface area contributed by atoms with Crippen molar-refractivity contribution in [1.29, 1.82) is 0 Å². The Hall–Kier alpha value is -4.05. The second-order valence-electron chi connectivity index (χ2n) is 11.8. The highest BCUT2D eigenvalue weighted by Crippen LogP contribution is 2.30. The number of amides is 1. The molecule has 10 nitrogen and oxygen atoms in total. The molecule has 3 aromatic heterocycles. The second-order valence-corrected chi connectivity index (χ2v) is 11.8. The highest BCUT2D eigenvalue weighted by Gasteiger charge is 2.28. The first-order chi connectivity index (χ1) is 19.6. The molecule has 1 N–H and O–H groups in total. The Balaban J connectivity index is 1.26. The lowest BCUT2D eigenvalue weighted by Crippen LogP contribution is -2.50. The molecule has 1 aromatic carbocycles. The molecule has 4 heterocycles. The van der Waals surface area contributed by atoms with Crippen LogP contribution in [0.2, 0.25) is 0 Å². The zero-order valence-corrected chi connectivity index (χ0v) is 24.7. The van der Waals surface area contributed by atoms with E-state index in [0.29, 0.717) is 25.3 Å². The molecule has 1 aliphatic heterocycles. The normalized spacial score (nSPS) is 15.3. The molecular formula is C31H39N7O3. The van der Waals surface area contributed by atoms with Gasteiger partial charge in [-0.05, 0) is 71.4 Å². The fourth-order valence-corrected chi connectivity index (χ4v) is 5.02. The van der Waals surface area contributed by atoms with Gasteiger partial charge < -0.3 is 19.4 Å². The van der Waals surface area contributed by atoms with Crippen LogP contribution in [0.4, 0.5) is 4.79 Å². The van der Waals surface area contributed by atoms with Crippen molar-refractivity contribution in [2.24, 2.45) is 0 Å². The van der Waals surface area contributed by atoms with E-state index in [1.807, 2.05) is 59.0 Å². The van der Waals surface area contributed by atoms with Crippen LogP contribution in [0, 0.1) is 0 Å². The van der Waals surface area contributed by atoms with Gasteiger partial charge >= 0.3 is 6.09 Å². The average Bonchev–Trinajstić information content (AvgIpc) is 3.33. The van der Waals surface area contributed by atoms with Gasteiger partial charge in [-0.3, -0.25) is 9.88 Å². The molecule has 0 bridgehead atoms. The van der Waals surface area contributed by atoms with Gasteiger partial charge in [0, 0.05) is 56.1 Å². The van der Waals surface area contributed by atoms with E-state index in [-0.39, 0.29) is 18.2 Å². The third kappa shape index (κ3) is 7.00. The largest absolute Gasteiger partial charge is 0.487 e. The molecule has 0 radical (unpaired) electrons. The summed E-state index contributed by atoms with van der Waals surface area (Å²) in [6.45, 7) is 14.7. The highest BCUT2D eigenvalue weighted by molar-refractivity contribution is 5.82. The molecular weight excluding hydrogens is 518 g/mol. The van der Waals surface area contributed by atoms with Gasteiger partial charge in [0.15, 0.2) is 5.75 Å². The Kier molecular flexibility index (Phi) is 8.21. The molecule has 1 amide bonds. The number of nitrogens with one attached hydrogen (secondary N) is 1. The smallest absolute Gasteiger partial charge is 0.410 e. The Morgan fingerprint density at radius 1 is 1.05 bits per heavy atom. The standard InChI is InChI=1S/C31H39N7O3/c1-20(2)40-27-18-32-19-34-29(27)23-7-8-25-26(16-23)36-28(35-25)17-24-15-22(9-10-33-24)21(3)37-11-13-38(14-12-37)30(39)41-31(4,5)6/h7-10,15-16,18-21H,11-14,17H2,1-6H3,(H,35,36). The number of carbonyl (C=O) groups excluding carboxylic acids is 1. The van der Waals surface area contributed by atoms with Crippen molar-refractivity contribution in [3.05, 3.63) is 66.1 Å². The summed E-state index contributed by atoms with van der Waals surface area (Å²) < 4.78 is 11.5. The molecule has 1 unspecified atom stereocenters. The number of hydrogen-bond donors (Lipinski definition) is 1. The number of carbonyl (C=O) groups is 1. The number of ether oxygens (including phenoxy) is 2. The Morgan fingerprint density at radius 3 is 2.56 bits per heavy atom. The molecule has 5 rings (SSSR count). The number of H-pyrrole nitrogens is 1. The molecule has 4 aromatic rings. The topological polar surface area (TPSA) is 109 Å². The molecule has 1 atom stereocenters. The number of pyridine rings is 1. The lowest BCUT2D eigenvalue weighted by molar-refractivity contribution is 0.0110. The van der Waals surface area contributed by atoms with Gasteiger partial charge in [0.1, 0.15) is 23.4 Å². The minimum absolute atomic E-state index is 0.0232. The zero-order chi connectivity index (χ0) is 29.1. The fraction of sp³-hybridized carbons (Fsp3) is 0.452. The van der Waals surface area contributed by atoms with Crippen molar-refractivity contribution in [3.8, 4) is 17.0 Å². The summed E-state index contributed by atoms with van der Waals surface area (Å²) in [5.74, 6) is 1.50. The molecule has 0 spiro atoms. The third-order valence-electron chi connectivity index (χ3n) is 7.03. The van der Waals surface area contributed by atoms with E-state index in [2.05, 4.69) is 43.9 Å². The van der Waals surface area contributed by atoms with E-state index < -0.39 is 5.60 Å². The summed E-state index contributed by atoms with van der Waals surface area (Å²) in [6.07, 6.45) is 5.47. The van der Waals surface area contributed by atoms with Gasteiger partial charge in [0.05, 0.1) is 23.3 Å². The number of piperazine rings is 1. The van der Waals surface area contributed by atoms with Crippen LogP contribution in [0.5, 0.6) is 5.75 Å². The van der Waals surface area contributed by atoms with Crippen LogP contribution < -0.4 is 4.74 Å². The van der Waals surface area contributed by atoms with E-state index in [9.17, 15) is 4.79 Å². The van der Waals surface area contributed by atoms with Crippen LogP contribution in [-0.2, 0) is 11.2 Å². The van der Waals surface area contributed by atoms with Gasteiger partial charge in [0.25, 0.3) is 0 Å². The van der Waals surface area contributed by atoms with E-state index in [1.54, 1.807) is 11.1 Å². The average molecular weight is 558 g/mol. The lowest BCUT2D eigenvalue weighted by atomic mass is 10.1. The summed E-state index contributed by atoms with van der Waals surface area (Å²) in [5, 5.41) is 0. The van der Waals surface area contributed by atoms with Gasteiger partial charge in [-0.25, -0.2) is 19.7 Å². The molecule has 0 saturated carbocycles. The van der Waals surface area contributed by atoms with Crippen LogP contribution in [0.25, 0.3) is 22.3 Å². The van der Waals surface area contributed by atoms with Gasteiger partial charge in [0.2, 0.25) is 0 Å². The van der Waals surface area contributed by atoms with Crippen LogP contribution in [0.15, 0.2) is 49.1 Å². The SMILES string of the molecule is CC(C)Oc1cncnc1-c1ccc2nc(Cc3cc(C(C)N4CCN(C(=O)OC(C)(C)C)CC4)ccn3)[nH]c2c1. The van der Waals surface area contributed by atoms with Crippen molar-refractivity contribution < 1.29 is 14.3 Å². The summed E-state index contributed by atoms with van der Waals surface area (Å²) >= 11 is 0. The quantitative estimate of drug-likeness (QED) is 0.321. The molecule has 0 aliphatic carbocycles. The third-order valence-corrected chi connectivity index (χ3v) is 7.03. The first-order valence-electron chi connectivity index (χ1n) is 14.2. The molecule has 216 valence electrons. The Labute approximate surface area is 241 Å². The molecule has 1 aliphatic rings. The zero-order valence-electron chi connectivity index (χ0n) is 24.7. The number of nitrogens with zero attached hydrogens (tertiary/aromatic N) is 6. The lowest BCUT2D eigenvalue weighted by Gasteiger charge is -2.38. The molecule has 1 fully saturated rings. The number of benzene rings is 1. The van der Waals surface area contributed by atoms with Gasteiger partial charge in [-0.15, -0.1) is 0 Å². The van der Waals surface area contributed by atoms with Gasteiger partial charge in [-0.2, -0.15) is 0 Å². The fourth-order valence-electron chi connectivity index (χ4n) is 5.02. The summed E-state index contributed by atoms with van der Waals surface area (Å²) in [6, 6.07) is 10.5. The van der Waals surface area contributed by atoms with Crippen molar-refractivity contribution in [2.75, 3.05) is 26.2 Å². The Morgan fingerprint density at radius 2 is 1.83 bits per heavy atom. The van der Waals surface area contributed by atoms with Crippen molar-refractivity contribution >= 4 is 17.1 Å². The number of aromatic amines is 1. The second kappa shape index (κ2) is 11.8. The van der Waals surface area contributed by atoms with E-state index >= 15 is 0 Å². The first kappa shape index (κ1) is 28.5. The number of imidazole rings is 1. The molecule has 1 saturated heterocycles.